The number of aliphatic hydroxyl groups is 1. The zero-order valence-electron chi connectivity index (χ0n) is 15.6. The van der Waals surface area contributed by atoms with Crippen LogP contribution in [0.25, 0.3) is 0 Å². The largest absolute Gasteiger partial charge is 0.497 e. The molecule has 2 aromatic carbocycles. The van der Waals surface area contributed by atoms with Gasteiger partial charge >= 0.3 is 0 Å². The molecule has 0 amide bonds. The van der Waals surface area contributed by atoms with Crippen molar-refractivity contribution in [1.29, 1.82) is 0 Å². The number of hydrogen-bond acceptors (Lipinski definition) is 4. The molecule has 142 valence electrons. The molecule has 0 saturated heterocycles. The lowest BCUT2D eigenvalue weighted by molar-refractivity contribution is -0.661. The van der Waals surface area contributed by atoms with Crippen LogP contribution in [0.3, 0.4) is 0 Å². The van der Waals surface area contributed by atoms with Gasteiger partial charge in [-0.2, -0.15) is 0 Å². The molecule has 0 unspecified atom stereocenters. The average Bonchev–Trinajstić information content (AvgIpc) is 3.02. The minimum atomic E-state index is -1.41. The van der Waals surface area contributed by atoms with Crippen molar-refractivity contribution in [3.05, 3.63) is 53.8 Å². The molecule has 0 aliphatic carbocycles. The van der Waals surface area contributed by atoms with E-state index in [1.165, 1.54) is 13.2 Å². The minimum Gasteiger partial charge on any atom is -0.497 e. The highest BCUT2D eigenvalue weighted by Crippen LogP contribution is 2.37. The van der Waals surface area contributed by atoms with Crippen molar-refractivity contribution in [2.45, 2.75) is 25.0 Å². The Balaban J connectivity index is 1.77. The molecule has 1 N–H and O–H groups in total. The highest BCUT2D eigenvalue weighted by atomic mass is 19.1. The number of methoxy groups -OCH3 is 2. The topological polar surface area (TPSA) is 44.9 Å². The number of nitrogens with zero attached hydrogens (tertiary/aromatic N) is 2. The average molecular weight is 371 g/mol. The van der Waals surface area contributed by atoms with Crippen LogP contribution in [-0.2, 0) is 5.72 Å². The Morgan fingerprint density at radius 1 is 1.04 bits per heavy atom. The van der Waals surface area contributed by atoms with E-state index in [-0.39, 0.29) is 12.1 Å². The molecule has 2 aliphatic rings. The third-order valence-corrected chi connectivity index (χ3v) is 5.47. The maximum Gasteiger partial charge on any atom is 0.273 e. The Bertz CT molecular complexity index is 881. The van der Waals surface area contributed by atoms with E-state index in [1.807, 2.05) is 28.8 Å². The number of β-amino-alcohol motifs (C(OH)–C–C–N with tert-alkyl or cyclic N) is 1. The quantitative estimate of drug-likeness (QED) is 0.839. The summed E-state index contributed by atoms with van der Waals surface area (Å²) in [7, 11) is 3.13. The molecule has 1 atom stereocenters. The van der Waals surface area contributed by atoms with Gasteiger partial charge in [-0.25, -0.2) is 13.9 Å². The van der Waals surface area contributed by atoms with Gasteiger partial charge in [0.1, 0.15) is 23.0 Å². The summed E-state index contributed by atoms with van der Waals surface area (Å²) in [6, 6.07) is 12.4. The first-order chi connectivity index (χ1) is 13.1. The Kier molecular flexibility index (Phi) is 4.52. The van der Waals surface area contributed by atoms with Crippen molar-refractivity contribution in [1.82, 2.24) is 0 Å². The molecule has 2 aliphatic heterocycles. The summed E-state index contributed by atoms with van der Waals surface area (Å²) in [5.41, 5.74) is -0.173. The number of anilines is 1. The first-order valence-electron chi connectivity index (χ1n) is 9.18. The van der Waals surface area contributed by atoms with Gasteiger partial charge in [-0.15, -0.1) is 0 Å². The molecule has 2 aromatic rings. The number of ether oxygens (including phenoxy) is 2. The third-order valence-electron chi connectivity index (χ3n) is 5.47. The van der Waals surface area contributed by atoms with Crippen molar-refractivity contribution in [3.63, 3.8) is 0 Å². The monoisotopic (exact) mass is 371 g/mol. The molecule has 4 rings (SSSR count). The van der Waals surface area contributed by atoms with Gasteiger partial charge in [0.15, 0.2) is 6.54 Å². The van der Waals surface area contributed by atoms with Gasteiger partial charge in [-0.3, -0.25) is 0 Å². The molecular formula is C21H24FN2O3+. The molecule has 0 bridgehead atoms. The molecule has 0 saturated carbocycles. The number of rotatable bonds is 4. The highest BCUT2D eigenvalue weighted by Gasteiger charge is 2.53. The lowest BCUT2D eigenvalue weighted by atomic mass is 10.0. The van der Waals surface area contributed by atoms with Crippen LogP contribution < -0.4 is 14.4 Å². The van der Waals surface area contributed by atoms with Crippen LogP contribution in [0.15, 0.2) is 42.5 Å². The van der Waals surface area contributed by atoms with Crippen molar-refractivity contribution in [2.75, 3.05) is 32.2 Å². The molecular weight excluding hydrogens is 347 g/mol. The number of halogens is 1. The van der Waals surface area contributed by atoms with E-state index in [0.717, 1.165) is 36.5 Å². The SMILES string of the molecule is COc1ccc(N2C[C@@](O)(c3ccc(OC)cc3F)[N+]3=C2CCCC3)cc1. The first-order valence-corrected chi connectivity index (χ1v) is 9.18. The summed E-state index contributed by atoms with van der Waals surface area (Å²) in [4.78, 5) is 2.09. The Morgan fingerprint density at radius 3 is 2.41 bits per heavy atom. The lowest BCUT2D eigenvalue weighted by Gasteiger charge is -2.25. The smallest absolute Gasteiger partial charge is 0.273 e. The minimum absolute atomic E-state index is 0.276. The van der Waals surface area contributed by atoms with E-state index >= 15 is 0 Å². The van der Waals surface area contributed by atoms with Gasteiger partial charge in [0.2, 0.25) is 0 Å². The van der Waals surface area contributed by atoms with Gasteiger partial charge < -0.3 is 14.6 Å². The normalized spacial score (nSPS) is 22.0. The third kappa shape index (κ3) is 2.94. The maximum absolute atomic E-state index is 14.8. The van der Waals surface area contributed by atoms with Gasteiger partial charge in [0, 0.05) is 12.5 Å². The van der Waals surface area contributed by atoms with Crippen LogP contribution in [0.5, 0.6) is 11.5 Å². The summed E-state index contributed by atoms with van der Waals surface area (Å²) >= 11 is 0. The van der Waals surface area contributed by atoms with Crippen LogP contribution in [0.1, 0.15) is 24.8 Å². The molecule has 0 fully saturated rings. The van der Waals surface area contributed by atoms with E-state index in [9.17, 15) is 9.50 Å². The molecule has 0 spiro atoms. The van der Waals surface area contributed by atoms with E-state index in [1.54, 1.807) is 19.2 Å². The van der Waals surface area contributed by atoms with Gasteiger partial charge in [0.25, 0.3) is 11.6 Å². The highest BCUT2D eigenvalue weighted by molar-refractivity contribution is 5.96. The predicted molar refractivity (Wildman–Crippen MR) is 101 cm³/mol. The summed E-state index contributed by atoms with van der Waals surface area (Å²) in [5.74, 6) is 1.79. The maximum atomic E-state index is 14.8. The van der Waals surface area contributed by atoms with E-state index in [4.69, 9.17) is 9.47 Å². The number of amidine groups is 1. The van der Waals surface area contributed by atoms with Crippen molar-refractivity contribution >= 4 is 11.5 Å². The van der Waals surface area contributed by atoms with Gasteiger partial charge in [0.05, 0.1) is 26.3 Å². The fourth-order valence-electron chi connectivity index (χ4n) is 4.07. The Morgan fingerprint density at radius 2 is 1.74 bits per heavy atom. The number of benzene rings is 2. The second-order valence-corrected chi connectivity index (χ2v) is 6.97. The Labute approximate surface area is 158 Å². The molecule has 0 aromatic heterocycles. The second-order valence-electron chi connectivity index (χ2n) is 6.97. The number of hydrogen-bond donors (Lipinski definition) is 1. The van der Waals surface area contributed by atoms with Crippen LogP contribution in [0.4, 0.5) is 10.1 Å². The predicted octanol–water partition coefficient (Wildman–Crippen LogP) is 3.10. The molecule has 2 heterocycles. The zero-order valence-corrected chi connectivity index (χ0v) is 15.6. The van der Waals surface area contributed by atoms with Crippen molar-refractivity contribution in [2.24, 2.45) is 0 Å². The fraction of sp³-hybridized carbons (Fsp3) is 0.381. The molecule has 5 nitrogen and oxygen atoms in total. The van der Waals surface area contributed by atoms with Crippen LogP contribution in [0, 0.1) is 5.82 Å². The molecule has 6 heteroatoms. The standard InChI is InChI=1S/C21H24FN2O3/c1-26-16-8-6-15(7-9-16)23-14-21(25,24-12-4-3-5-20(23)24)18-11-10-17(27-2)13-19(18)22/h6-11,13,25H,3-5,12,14H2,1-2H3/q+1/t21-/m1/s1. The second kappa shape index (κ2) is 6.85. The van der Waals surface area contributed by atoms with E-state index < -0.39 is 11.5 Å². The summed E-state index contributed by atoms with van der Waals surface area (Å²) in [6.45, 7) is 0.974. The summed E-state index contributed by atoms with van der Waals surface area (Å²) in [5, 5.41) is 11.6. The fourth-order valence-corrected chi connectivity index (χ4v) is 4.07. The Hall–Kier alpha value is -2.60. The first kappa shape index (κ1) is 17.8. The lowest BCUT2D eigenvalue weighted by Crippen LogP contribution is -2.42. The summed E-state index contributed by atoms with van der Waals surface area (Å²) < 4.78 is 27.1. The van der Waals surface area contributed by atoms with Crippen LogP contribution in [-0.4, -0.2) is 42.8 Å². The van der Waals surface area contributed by atoms with Crippen molar-refractivity contribution in [3.8, 4) is 11.5 Å². The molecule has 27 heavy (non-hydrogen) atoms. The zero-order chi connectivity index (χ0) is 19.0. The van der Waals surface area contributed by atoms with Gasteiger partial charge in [-0.05, 0) is 49.2 Å². The van der Waals surface area contributed by atoms with E-state index in [2.05, 4.69) is 4.90 Å². The van der Waals surface area contributed by atoms with Gasteiger partial charge in [-0.1, -0.05) is 0 Å². The van der Waals surface area contributed by atoms with E-state index in [0.29, 0.717) is 12.3 Å². The molecule has 0 radical (unpaired) electrons. The van der Waals surface area contributed by atoms with Crippen molar-refractivity contribution < 1.29 is 23.5 Å². The summed E-state index contributed by atoms with van der Waals surface area (Å²) in [6.07, 6.45) is 2.88. The van der Waals surface area contributed by atoms with Crippen LogP contribution in [0.2, 0.25) is 0 Å². The van der Waals surface area contributed by atoms with Crippen LogP contribution >= 0.6 is 0 Å².